The summed E-state index contributed by atoms with van der Waals surface area (Å²) in [6.45, 7) is 0. The minimum atomic E-state index is -0.835. The van der Waals surface area contributed by atoms with Crippen LogP contribution in [0.3, 0.4) is 0 Å². The molecular formula is C19H19F2N3O2. The van der Waals surface area contributed by atoms with Gasteiger partial charge in [0.15, 0.2) is 0 Å². The number of phenolic OH excluding ortho intramolecular Hbond substituents is 1. The highest BCUT2D eigenvalue weighted by Crippen LogP contribution is 2.47. The summed E-state index contributed by atoms with van der Waals surface area (Å²) in [6, 6.07) is 9.48. The van der Waals surface area contributed by atoms with Gasteiger partial charge in [-0.1, -0.05) is 18.2 Å². The number of para-hydroxylation sites is 1. The lowest BCUT2D eigenvalue weighted by Gasteiger charge is -2.21. The molecule has 0 bridgehead atoms. The first kappa shape index (κ1) is 16.9. The minimum absolute atomic E-state index is 0.161. The van der Waals surface area contributed by atoms with E-state index in [0.29, 0.717) is 24.8 Å². The molecule has 5 nitrogen and oxygen atoms in total. The number of phenols is 1. The summed E-state index contributed by atoms with van der Waals surface area (Å²) in [5.74, 6) is -1.17. The van der Waals surface area contributed by atoms with Crippen LogP contribution in [0.2, 0.25) is 0 Å². The van der Waals surface area contributed by atoms with E-state index in [9.17, 15) is 18.7 Å². The highest BCUT2D eigenvalue weighted by molar-refractivity contribution is 5.83. The molecule has 1 heterocycles. The van der Waals surface area contributed by atoms with E-state index in [1.165, 1.54) is 0 Å². The van der Waals surface area contributed by atoms with E-state index in [2.05, 4.69) is 16.2 Å². The Morgan fingerprint density at radius 1 is 1.15 bits per heavy atom. The zero-order chi connectivity index (χ0) is 18.3. The van der Waals surface area contributed by atoms with Gasteiger partial charge in [-0.2, -0.15) is 0 Å². The molecule has 1 saturated carbocycles. The molecule has 4 rings (SSSR count). The molecule has 0 radical (unpaired) electrons. The second-order valence-corrected chi connectivity index (χ2v) is 6.88. The van der Waals surface area contributed by atoms with E-state index in [1.54, 1.807) is 18.2 Å². The molecule has 2 aromatic carbocycles. The Morgan fingerprint density at radius 2 is 1.92 bits per heavy atom. The van der Waals surface area contributed by atoms with Crippen LogP contribution < -0.4 is 16.2 Å². The van der Waals surface area contributed by atoms with Crippen molar-refractivity contribution in [3.8, 4) is 5.75 Å². The zero-order valence-corrected chi connectivity index (χ0v) is 13.9. The fourth-order valence-electron chi connectivity index (χ4n) is 3.49. The molecule has 2 unspecified atom stereocenters. The minimum Gasteiger partial charge on any atom is -0.508 e. The summed E-state index contributed by atoms with van der Waals surface area (Å²) in [7, 11) is 0. The Balaban J connectivity index is 1.46. The van der Waals surface area contributed by atoms with E-state index < -0.39 is 23.2 Å². The lowest BCUT2D eigenvalue weighted by atomic mass is 9.99. The number of carbonyl (C=O) groups is 1. The number of amides is 1. The third kappa shape index (κ3) is 3.04. The van der Waals surface area contributed by atoms with E-state index in [0.717, 1.165) is 18.2 Å². The number of halogens is 2. The summed E-state index contributed by atoms with van der Waals surface area (Å²) in [5, 5.41) is 12.8. The van der Waals surface area contributed by atoms with Crippen molar-refractivity contribution < 1.29 is 18.7 Å². The first-order valence-corrected chi connectivity index (χ1v) is 8.55. The van der Waals surface area contributed by atoms with Gasteiger partial charge in [0.2, 0.25) is 5.91 Å². The van der Waals surface area contributed by atoms with Crippen molar-refractivity contribution >= 4 is 5.91 Å². The third-order valence-electron chi connectivity index (χ3n) is 5.09. The molecule has 4 N–H and O–H groups in total. The monoisotopic (exact) mass is 359 g/mol. The Morgan fingerprint density at radius 3 is 2.65 bits per heavy atom. The molecule has 0 aromatic heterocycles. The lowest BCUT2D eigenvalue weighted by molar-refractivity contribution is -0.124. The summed E-state index contributed by atoms with van der Waals surface area (Å²) in [4.78, 5) is 12.6. The van der Waals surface area contributed by atoms with E-state index >= 15 is 0 Å². The molecular weight excluding hydrogens is 340 g/mol. The summed E-state index contributed by atoms with van der Waals surface area (Å²) >= 11 is 0. The van der Waals surface area contributed by atoms with Crippen LogP contribution in [0.15, 0.2) is 42.5 Å². The fourth-order valence-corrected chi connectivity index (χ4v) is 3.49. The largest absolute Gasteiger partial charge is 0.508 e. The van der Waals surface area contributed by atoms with E-state index in [4.69, 9.17) is 0 Å². The number of nitrogens with one attached hydrogen (secondary N) is 3. The van der Waals surface area contributed by atoms with Crippen molar-refractivity contribution in [2.24, 2.45) is 0 Å². The molecule has 26 heavy (non-hydrogen) atoms. The van der Waals surface area contributed by atoms with Gasteiger partial charge in [-0.05, 0) is 43.5 Å². The van der Waals surface area contributed by atoms with Crippen LogP contribution in [0, 0.1) is 11.6 Å². The van der Waals surface area contributed by atoms with E-state index in [1.807, 2.05) is 6.07 Å². The van der Waals surface area contributed by atoms with Gasteiger partial charge >= 0.3 is 0 Å². The fraction of sp³-hybridized carbons (Fsp3) is 0.316. The highest BCUT2D eigenvalue weighted by atomic mass is 19.1. The van der Waals surface area contributed by atoms with Crippen LogP contribution in [0.1, 0.15) is 36.4 Å². The van der Waals surface area contributed by atoms with Crippen molar-refractivity contribution in [1.82, 2.24) is 16.2 Å². The van der Waals surface area contributed by atoms with Crippen LogP contribution in [-0.4, -0.2) is 17.1 Å². The second kappa shape index (κ2) is 6.34. The van der Waals surface area contributed by atoms with Crippen LogP contribution in [0.4, 0.5) is 8.78 Å². The maximum atomic E-state index is 14.1. The average Bonchev–Trinajstić information content (AvgIpc) is 3.22. The first-order chi connectivity index (χ1) is 12.5. The van der Waals surface area contributed by atoms with Crippen molar-refractivity contribution in [3.63, 3.8) is 0 Å². The van der Waals surface area contributed by atoms with Crippen LogP contribution in [0.25, 0.3) is 0 Å². The van der Waals surface area contributed by atoms with Gasteiger partial charge in [-0.15, -0.1) is 0 Å². The summed E-state index contributed by atoms with van der Waals surface area (Å²) in [5.41, 5.74) is 5.98. The Kier molecular flexibility index (Phi) is 4.13. The number of rotatable bonds is 4. The Hall–Kier alpha value is -2.51. The molecule has 136 valence electrons. The first-order valence-electron chi connectivity index (χ1n) is 8.55. The van der Waals surface area contributed by atoms with Gasteiger partial charge in [0.1, 0.15) is 23.4 Å². The van der Waals surface area contributed by atoms with Gasteiger partial charge in [0, 0.05) is 11.1 Å². The molecule has 1 aliphatic carbocycles. The molecule has 2 aliphatic rings. The predicted molar refractivity (Wildman–Crippen MR) is 90.9 cm³/mol. The second-order valence-electron chi connectivity index (χ2n) is 6.88. The third-order valence-corrected chi connectivity index (χ3v) is 5.09. The SMILES string of the molecule is O=C(NC1(c2cc(F)ccc2F)CC1)C1CC(c2ccccc2O)NN1. The quantitative estimate of drug-likeness (QED) is 0.676. The maximum absolute atomic E-state index is 14.1. The summed E-state index contributed by atoms with van der Waals surface area (Å²) < 4.78 is 27.6. The van der Waals surface area contributed by atoms with Crippen molar-refractivity contribution in [2.45, 2.75) is 36.9 Å². The van der Waals surface area contributed by atoms with Crippen LogP contribution >= 0.6 is 0 Å². The smallest absolute Gasteiger partial charge is 0.239 e. The van der Waals surface area contributed by atoms with Crippen LogP contribution in [0.5, 0.6) is 5.75 Å². The Labute approximate surface area is 149 Å². The van der Waals surface area contributed by atoms with Gasteiger partial charge in [-0.3, -0.25) is 4.79 Å². The lowest BCUT2D eigenvalue weighted by Crippen LogP contribution is -2.47. The summed E-state index contributed by atoms with van der Waals surface area (Å²) in [6.07, 6.45) is 1.58. The van der Waals surface area contributed by atoms with Crippen LogP contribution in [-0.2, 0) is 10.3 Å². The number of aromatic hydroxyl groups is 1. The Bertz CT molecular complexity index is 854. The number of carbonyl (C=O) groups excluding carboxylic acids is 1. The maximum Gasteiger partial charge on any atom is 0.239 e. The molecule has 1 aliphatic heterocycles. The molecule has 1 saturated heterocycles. The zero-order valence-electron chi connectivity index (χ0n) is 13.9. The normalized spacial score (nSPS) is 23.6. The number of benzene rings is 2. The molecule has 7 heteroatoms. The van der Waals surface area contributed by atoms with Gasteiger partial charge < -0.3 is 10.4 Å². The molecule has 0 spiro atoms. The topological polar surface area (TPSA) is 73.4 Å². The number of hydrogen-bond donors (Lipinski definition) is 4. The van der Waals surface area contributed by atoms with E-state index in [-0.39, 0.29) is 23.3 Å². The van der Waals surface area contributed by atoms with Gasteiger partial charge in [0.05, 0.1) is 11.6 Å². The van der Waals surface area contributed by atoms with Crippen molar-refractivity contribution in [1.29, 1.82) is 0 Å². The molecule has 2 aromatic rings. The predicted octanol–water partition coefficient (Wildman–Crippen LogP) is 2.38. The average molecular weight is 359 g/mol. The van der Waals surface area contributed by atoms with Gasteiger partial charge in [-0.25, -0.2) is 19.6 Å². The van der Waals surface area contributed by atoms with Crippen molar-refractivity contribution in [3.05, 3.63) is 65.2 Å². The van der Waals surface area contributed by atoms with Crippen molar-refractivity contribution in [2.75, 3.05) is 0 Å². The number of hydrazine groups is 1. The number of hydrogen-bond acceptors (Lipinski definition) is 4. The molecule has 1 amide bonds. The highest BCUT2D eigenvalue weighted by Gasteiger charge is 2.49. The molecule has 2 atom stereocenters. The molecule has 2 fully saturated rings. The van der Waals surface area contributed by atoms with Gasteiger partial charge in [0.25, 0.3) is 0 Å². The standard InChI is InChI=1S/C19H19F2N3O2/c20-11-5-6-14(21)13(9-11)19(7-8-19)22-18(26)16-10-15(23-24-16)12-3-1-2-4-17(12)25/h1-6,9,15-16,23-25H,7-8,10H2,(H,22,26).